The molecule has 0 amide bonds. The summed E-state index contributed by atoms with van der Waals surface area (Å²) in [5, 5.41) is 14.7. The summed E-state index contributed by atoms with van der Waals surface area (Å²) in [7, 11) is 0. The van der Waals surface area contributed by atoms with Crippen LogP contribution in [0.3, 0.4) is 0 Å². The van der Waals surface area contributed by atoms with E-state index in [1.54, 1.807) is 6.26 Å². The Balaban J connectivity index is 1.78. The summed E-state index contributed by atoms with van der Waals surface area (Å²) >= 11 is 0. The van der Waals surface area contributed by atoms with E-state index in [9.17, 15) is 0 Å². The Bertz CT molecular complexity index is 509. The van der Waals surface area contributed by atoms with Gasteiger partial charge in [-0.2, -0.15) is 0 Å². The summed E-state index contributed by atoms with van der Waals surface area (Å²) in [6, 6.07) is 4.68. The predicted molar refractivity (Wildman–Crippen MR) is 81.1 cm³/mol. The van der Waals surface area contributed by atoms with Crippen molar-refractivity contribution in [3.63, 3.8) is 0 Å². The molecule has 2 aromatic rings. The van der Waals surface area contributed by atoms with Gasteiger partial charge in [0, 0.05) is 12.5 Å². The fraction of sp³-hybridized carbons (Fsp3) is 0.600. The third kappa shape index (κ3) is 4.90. The Morgan fingerprint density at radius 1 is 1.29 bits per heavy atom. The lowest BCUT2D eigenvalue weighted by Gasteiger charge is -2.11. The van der Waals surface area contributed by atoms with Crippen LogP contribution in [0, 0.1) is 0 Å². The highest BCUT2D eigenvalue weighted by molar-refractivity contribution is 5.19. The number of aromatic nitrogens is 2. The van der Waals surface area contributed by atoms with Crippen molar-refractivity contribution in [3.8, 4) is 0 Å². The van der Waals surface area contributed by atoms with E-state index in [1.165, 1.54) is 0 Å². The number of aryl methyl sites for hydroxylation is 1. The van der Waals surface area contributed by atoms with E-state index in [1.807, 2.05) is 19.1 Å². The summed E-state index contributed by atoms with van der Waals surface area (Å²) < 4.78 is 11.0. The van der Waals surface area contributed by atoms with Gasteiger partial charge in [-0.3, -0.25) is 0 Å². The minimum absolute atomic E-state index is 0.0754. The van der Waals surface area contributed by atoms with Crippen molar-refractivity contribution >= 4 is 6.01 Å². The van der Waals surface area contributed by atoms with Crippen molar-refractivity contribution in [3.05, 3.63) is 30.0 Å². The molecule has 2 unspecified atom stereocenters. The second-order valence-electron chi connectivity index (χ2n) is 5.28. The van der Waals surface area contributed by atoms with Crippen LogP contribution in [0.1, 0.15) is 51.3 Å². The lowest BCUT2D eigenvalue weighted by Crippen LogP contribution is -2.19. The van der Waals surface area contributed by atoms with Crippen molar-refractivity contribution in [1.29, 1.82) is 0 Å². The van der Waals surface area contributed by atoms with E-state index >= 15 is 0 Å². The van der Waals surface area contributed by atoms with E-state index in [-0.39, 0.29) is 12.1 Å². The van der Waals surface area contributed by atoms with Gasteiger partial charge in [0.25, 0.3) is 0 Å². The van der Waals surface area contributed by atoms with Crippen LogP contribution in [-0.4, -0.2) is 22.8 Å². The van der Waals surface area contributed by atoms with Crippen LogP contribution in [0.15, 0.2) is 27.2 Å². The Morgan fingerprint density at radius 3 is 2.86 bits per heavy atom. The Kier molecular flexibility index (Phi) is 5.80. The zero-order valence-electron chi connectivity index (χ0n) is 12.9. The number of hydrogen-bond donors (Lipinski definition) is 2. The molecule has 21 heavy (non-hydrogen) atoms. The molecule has 0 spiro atoms. The quantitative estimate of drug-likeness (QED) is 0.739. The van der Waals surface area contributed by atoms with Crippen molar-refractivity contribution in [2.75, 3.05) is 11.9 Å². The number of hydrogen-bond acceptors (Lipinski definition) is 6. The molecule has 0 bridgehead atoms. The first-order valence-corrected chi connectivity index (χ1v) is 7.54. The van der Waals surface area contributed by atoms with Crippen molar-refractivity contribution < 1.29 is 8.83 Å². The number of furan rings is 1. The third-order valence-corrected chi connectivity index (χ3v) is 3.29. The molecule has 2 N–H and O–H groups in total. The summed E-state index contributed by atoms with van der Waals surface area (Å²) in [6.07, 6.45) is 4.60. The Labute approximate surface area is 125 Å². The van der Waals surface area contributed by atoms with Gasteiger partial charge >= 0.3 is 6.01 Å². The molecule has 6 heteroatoms. The average Bonchev–Trinajstić information content (AvgIpc) is 3.14. The summed E-state index contributed by atoms with van der Waals surface area (Å²) in [5.41, 5.74) is 0. The highest BCUT2D eigenvalue weighted by atomic mass is 16.4. The molecule has 0 aliphatic carbocycles. The summed E-state index contributed by atoms with van der Waals surface area (Å²) in [6.45, 7) is 7.17. The van der Waals surface area contributed by atoms with Crippen molar-refractivity contribution in [2.24, 2.45) is 0 Å². The van der Waals surface area contributed by atoms with E-state index in [2.05, 4.69) is 34.7 Å². The number of rotatable bonds is 9. The van der Waals surface area contributed by atoms with Crippen LogP contribution in [0.2, 0.25) is 0 Å². The topological polar surface area (TPSA) is 76.1 Å². The molecule has 6 nitrogen and oxygen atoms in total. The minimum atomic E-state index is 0.0754. The van der Waals surface area contributed by atoms with Gasteiger partial charge in [-0.15, -0.1) is 5.10 Å². The third-order valence-electron chi connectivity index (χ3n) is 3.29. The molecule has 2 aromatic heterocycles. The van der Waals surface area contributed by atoms with Gasteiger partial charge in [0.1, 0.15) is 5.76 Å². The van der Waals surface area contributed by atoms with Crippen LogP contribution in [0.4, 0.5) is 6.01 Å². The second kappa shape index (κ2) is 7.83. The number of nitrogens with one attached hydrogen (secondary N) is 2. The monoisotopic (exact) mass is 292 g/mol. The molecule has 116 valence electrons. The molecule has 2 rings (SSSR count). The molecule has 0 saturated heterocycles. The number of anilines is 1. The van der Waals surface area contributed by atoms with Crippen LogP contribution >= 0.6 is 0 Å². The fourth-order valence-corrected chi connectivity index (χ4v) is 2.01. The van der Waals surface area contributed by atoms with E-state index in [0.29, 0.717) is 11.9 Å². The van der Waals surface area contributed by atoms with Gasteiger partial charge in [-0.25, -0.2) is 0 Å². The molecule has 0 aromatic carbocycles. The molecule has 0 aliphatic rings. The van der Waals surface area contributed by atoms with Crippen LogP contribution in [0.5, 0.6) is 0 Å². The summed E-state index contributed by atoms with van der Waals surface area (Å²) in [5.74, 6) is 1.61. The van der Waals surface area contributed by atoms with Gasteiger partial charge in [0.2, 0.25) is 5.89 Å². The maximum Gasteiger partial charge on any atom is 0.315 e. The fourth-order valence-electron chi connectivity index (χ4n) is 2.01. The molecule has 2 atom stereocenters. The molecule has 2 heterocycles. The molecular formula is C15H24N4O2. The second-order valence-corrected chi connectivity index (χ2v) is 5.28. The molecule has 0 fully saturated rings. The van der Waals surface area contributed by atoms with Crippen molar-refractivity contribution in [2.45, 2.75) is 52.1 Å². The van der Waals surface area contributed by atoms with E-state index in [4.69, 9.17) is 8.83 Å². The van der Waals surface area contributed by atoms with Crippen molar-refractivity contribution in [1.82, 2.24) is 15.5 Å². The van der Waals surface area contributed by atoms with Gasteiger partial charge in [0.05, 0.1) is 12.3 Å². The van der Waals surface area contributed by atoms with E-state index in [0.717, 1.165) is 31.6 Å². The zero-order chi connectivity index (χ0) is 15.1. The first kappa shape index (κ1) is 15.6. The largest absolute Gasteiger partial charge is 0.469 e. The van der Waals surface area contributed by atoms with E-state index < -0.39 is 0 Å². The normalized spacial score (nSPS) is 14.0. The van der Waals surface area contributed by atoms with Gasteiger partial charge in [-0.1, -0.05) is 12.0 Å². The first-order valence-electron chi connectivity index (χ1n) is 7.54. The minimum Gasteiger partial charge on any atom is -0.469 e. The average molecular weight is 292 g/mol. The van der Waals surface area contributed by atoms with Crippen LogP contribution in [0.25, 0.3) is 0 Å². The SMILES string of the molecule is CCCNC(C)c1nnc(NC(C)CCc2ccco2)o1. The maximum atomic E-state index is 5.63. The molecule has 0 saturated carbocycles. The highest BCUT2D eigenvalue weighted by Gasteiger charge is 2.14. The van der Waals surface area contributed by atoms with Gasteiger partial charge < -0.3 is 19.5 Å². The molecular weight excluding hydrogens is 268 g/mol. The lowest BCUT2D eigenvalue weighted by atomic mass is 10.1. The van der Waals surface area contributed by atoms with Crippen LogP contribution < -0.4 is 10.6 Å². The standard InChI is InChI=1S/C15H24N4O2/c1-4-9-16-12(3)14-18-19-15(21-14)17-11(2)7-8-13-6-5-10-20-13/h5-6,10-12,16H,4,7-9H2,1-3H3,(H,17,19). The first-order chi connectivity index (χ1) is 10.2. The maximum absolute atomic E-state index is 5.63. The van der Waals surface area contributed by atoms with Gasteiger partial charge in [-0.05, 0) is 45.4 Å². The Hall–Kier alpha value is -1.82. The predicted octanol–water partition coefficient (Wildman–Crippen LogP) is 3.16. The highest BCUT2D eigenvalue weighted by Crippen LogP contribution is 2.15. The molecule has 0 aliphatic heterocycles. The lowest BCUT2D eigenvalue weighted by molar-refractivity contribution is 0.420. The zero-order valence-corrected chi connectivity index (χ0v) is 12.9. The summed E-state index contributed by atoms with van der Waals surface area (Å²) in [4.78, 5) is 0. The smallest absolute Gasteiger partial charge is 0.315 e. The van der Waals surface area contributed by atoms with Gasteiger partial charge in [0.15, 0.2) is 0 Å². The Morgan fingerprint density at radius 2 is 2.14 bits per heavy atom. The number of nitrogens with zero attached hydrogens (tertiary/aromatic N) is 2. The van der Waals surface area contributed by atoms with Crippen LogP contribution in [-0.2, 0) is 6.42 Å². The molecule has 0 radical (unpaired) electrons.